The summed E-state index contributed by atoms with van der Waals surface area (Å²) in [7, 11) is -3.21. The lowest BCUT2D eigenvalue weighted by Gasteiger charge is -2.23. The van der Waals surface area contributed by atoms with Crippen LogP contribution >= 0.6 is 0 Å². The third-order valence-corrected chi connectivity index (χ3v) is 7.69. The first-order valence-corrected chi connectivity index (χ1v) is 12.9. The molecule has 0 aromatic carbocycles. The molecule has 2 fully saturated rings. The van der Waals surface area contributed by atoms with E-state index in [1.807, 2.05) is 4.57 Å². The number of hydrogen-bond acceptors (Lipinski definition) is 8. The lowest BCUT2D eigenvalue weighted by atomic mass is 9.99. The maximum Gasteiger partial charge on any atom is 0.227 e. The second kappa shape index (κ2) is 8.87. The number of aromatic nitrogens is 4. The Kier molecular flexibility index (Phi) is 6.36. The summed E-state index contributed by atoms with van der Waals surface area (Å²) >= 11 is 0. The van der Waals surface area contributed by atoms with Crippen LogP contribution in [-0.2, 0) is 10.0 Å². The van der Waals surface area contributed by atoms with Gasteiger partial charge in [0.2, 0.25) is 16.0 Å². The molecule has 3 N–H and O–H groups in total. The lowest BCUT2D eigenvalue weighted by molar-refractivity contribution is 0.238. The van der Waals surface area contributed by atoms with Crippen molar-refractivity contribution >= 4 is 33.0 Å². The van der Waals surface area contributed by atoms with Gasteiger partial charge in [0.05, 0.1) is 25.2 Å². The van der Waals surface area contributed by atoms with Crippen LogP contribution in [0, 0.1) is 5.92 Å². The van der Waals surface area contributed by atoms with Crippen LogP contribution in [0.25, 0.3) is 11.2 Å². The predicted molar refractivity (Wildman–Crippen MR) is 121 cm³/mol. The molecule has 31 heavy (non-hydrogen) atoms. The third-order valence-electron chi connectivity index (χ3n) is 6.42. The number of aliphatic hydroxyl groups is 1. The second-order valence-corrected chi connectivity index (χ2v) is 11.0. The zero-order valence-electron chi connectivity index (χ0n) is 18.5. The molecule has 1 aliphatic carbocycles. The predicted octanol–water partition coefficient (Wildman–Crippen LogP) is 1.82. The number of imidazole rings is 1. The first-order chi connectivity index (χ1) is 14.8. The molecule has 172 valence electrons. The van der Waals surface area contributed by atoms with E-state index >= 15 is 0 Å². The van der Waals surface area contributed by atoms with Crippen molar-refractivity contribution in [2.75, 3.05) is 36.6 Å². The third kappa shape index (κ3) is 4.78. The molecule has 10 nitrogen and oxygen atoms in total. The van der Waals surface area contributed by atoms with Gasteiger partial charge in [-0.05, 0) is 39.0 Å². The van der Waals surface area contributed by atoms with Crippen LogP contribution in [0.15, 0.2) is 6.33 Å². The Labute approximate surface area is 183 Å². The van der Waals surface area contributed by atoms with Crippen molar-refractivity contribution in [3.63, 3.8) is 0 Å². The van der Waals surface area contributed by atoms with Gasteiger partial charge in [0.25, 0.3) is 0 Å². The number of nitrogens with one attached hydrogen (secondary N) is 2. The maximum absolute atomic E-state index is 11.9. The SMILES string of the molecule is CC(C)n1cnc2c(N[C@H]3CCN(S(C)(=O)=O)C3)nc(NC(CO)C3CCCC3)nc21. The van der Waals surface area contributed by atoms with Crippen LogP contribution in [0.3, 0.4) is 0 Å². The van der Waals surface area contributed by atoms with E-state index in [4.69, 9.17) is 9.97 Å². The summed E-state index contributed by atoms with van der Waals surface area (Å²) in [5, 5.41) is 16.7. The van der Waals surface area contributed by atoms with Crippen LogP contribution in [0.2, 0.25) is 0 Å². The Balaban J connectivity index is 1.63. The topological polar surface area (TPSA) is 125 Å². The van der Waals surface area contributed by atoms with Gasteiger partial charge < -0.3 is 20.3 Å². The minimum absolute atomic E-state index is 0.0320. The van der Waals surface area contributed by atoms with Crippen molar-refractivity contribution in [2.24, 2.45) is 5.92 Å². The maximum atomic E-state index is 11.9. The average molecular weight is 452 g/mol. The normalized spacial score (nSPS) is 21.9. The van der Waals surface area contributed by atoms with Crippen LogP contribution < -0.4 is 10.6 Å². The molecule has 0 amide bonds. The molecule has 1 saturated heterocycles. The molecule has 2 aromatic rings. The van der Waals surface area contributed by atoms with E-state index in [-0.39, 0.29) is 24.7 Å². The van der Waals surface area contributed by atoms with Crippen LogP contribution in [0.5, 0.6) is 0 Å². The molecule has 0 bridgehead atoms. The highest BCUT2D eigenvalue weighted by molar-refractivity contribution is 7.88. The summed E-state index contributed by atoms with van der Waals surface area (Å²) in [6.07, 6.45) is 8.27. The molecule has 4 rings (SSSR count). The molecular weight excluding hydrogens is 418 g/mol. The number of sulfonamides is 1. The standard InChI is InChI=1S/C20H33N7O3S/c1-13(2)27-12-21-17-18(22-15-8-9-26(10-15)31(3,29)30)24-20(25-19(17)27)23-16(11-28)14-6-4-5-7-14/h12-16,28H,4-11H2,1-3H3,(H2,22,23,24,25)/t15-,16?/m0/s1. The zero-order valence-corrected chi connectivity index (χ0v) is 19.3. The van der Waals surface area contributed by atoms with Crippen LogP contribution in [0.1, 0.15) is 52.0 Å². The highest BCUT2D eigenvalue weighted by atomic mass is 32.2. The van der Waals surface area contributed by atoms with Gasteiger partial charge in [0.1, 0.15) is 0 Å². The molecule has 1 unspecified atom stereocenters. The average Bonchev–Trinajstić information content (AvgIpc) is 3.45. The molecule has 2 atom stereocenters. The summed E-state index contributed by atoms with van der Waals surface area (Å²) < 4.78 is 27.2. The zero-order chi connectivity index (χ0) is 22.2. The van der Waals surface area contributed by atoms with Crippen molar-refractivity contribution in [3.05, 3.63) is 6.33 Å². The molecular formula is C20H33N7O3S. The quantitative estimate of drug-likeness (QED) is 0.555. The van der Waals surface area contributed by atoms with E-state index < -0.39 is 10.0 Å². The number of fused-ring (bicyclic) bond motifs is 1. The van der Waals surface area contributed by atoms with Gasteiger partial charge in [-0.1, -0.05) is 12.8 Å². The minimum atomic E-state index is -3.21. The van der Waals surface area contributed by atoms with Gasteiger partial charge in [-0.2, -0.15) is 9.97 Å². The Morgan fingerprint density at radius 3 is 2.58 bits per heavy atom. The second-order valence-electron chi connectivity index (χ2n) is 9.04. The van der Waals surface area contributed by atoms with Gasteiger partial charge >= 0.3 is 0 Å². The molecule has 0 spiro atoms. The molecule has 2 aromatic heterocycles. The minimum Gasteiger partial charge on any atom is -0.394 e. The first kappa shape index (κ1) is 22.2. The van der Waals surface area contributed by atoms with E-state index in [1.54, 1.807) is 6.33 Å². The molecule has 1 saturated carbocycles. The summed E-state index contributed by atoms with van der Waals surface area (Å²) in [5.74, 6) is 1.46. The number of anilines is 2. The summed E-state index contributed by atoms with van der Waals surface area (Å²) in [6, 6.07) is 0.0417. The molecule has 2 aliphatic rings. The molecule has 11 heteroatoms. The molecule has 1 aliphatic heterocycles. The van der Waals surface area contributed by atoms with Crippen molar-refractivity contribution in [2.45, 2.75) is 64.1 Å². The van der Waals surface area contributed by atoms with E-state index in [9.17, 15) is 13.5 Å². The fraction of sp³-hybridized carbons (Fsp3) is 0.750. The number of nitrogens with zero attached hydrogens (tertiary/aromatic N) is 5. The Hall–Kier alpha value is -1.98. The first-order valence-electron chi connectivity index (χ1n) is 11.1. The number of rotatable bonds is 8. The Morgan fingerprint density at radius 1 is 1.23 bits per heavy atom. The van der Waals surface area contributed by atoms with Crippen molar-refractivity contribution in [1.29, 1.82) is 0 Å². The van der Waals surface area contributed by atoms with E-state index in [0.717, 1.165) is 18.5 Å². The fourth-order valence-electron chi connectivity index (χ4n) is 4.64. The highest BCUT2D eigenvalue weighted by Gasteiger charge is 2.30. The van der Waals surface area contributed by atoms with E-state index in [0.29, 0.717) is 42.7 Å². The highest BCUT2D eigenvalue weighted by Crippen LogP contribution is 2.30. The van der Waals surface area contributed by atoms with Gasteiger partial charge in [-0.25, -0.2) is 17.7 Å². The van der Waals surface area contributed by atoms with Gasteiger partial charge in [-0.15, -0.1) is 0 Å². The van der Waals surface area contributed by atoms with E-state index in [1.165, 1.54) is 23.4 Å². The smallest absolute Gasteiger partial charge is 0.227 e. The summed E-state index contributed by atoms with van der Waals surface area (Å²) in [5.41, 5.74) is 1.38. The van der Waals surface area contributed by atoms with Crippen LogP contribution in [0.4, 0.5) is 11.8 Å². The largest absolute Gasteiger partial charge is 0.394 e. The van der Waals surface area contributed by atoms with Gasteiger partial charge in [0.15, 0.2) is 17.0 Å². The summed E-state index contributed by atoms with van der Waals surface area (Å²) in [6.45, 7) is 5.06. The van der Waals surface area contributed by atoms with E-state index in [2.05, 4.69) is 29.5 Å². The molecule has 0 radical (unpaired) electrons. The Bertz CT molecular complexity index is 1020. The van der Waals surface area contributed by atoms with Gasteiger partial charge in [0, 0.05) is 25.2 Å². The van der Waals surface area contributed by atoms with Gasteiger partial charge in [-0.3, -0.25) is 0 Å². The van der Waals surface area contributed by atoms with Crippen molar-refractivity contribution in [3.8, 4) is 0 Å². The Morgan fingerprint density at radius 2 is 1.97 bits per heavy atom. The fourth-order valence-corrected chi connectivity index (χ4v) is 5.53. The molecule has 3 heterocycles. The number of hydrogen-bond donors (Lipinski definition) is 3. The van der Waals surface area contributed by atoms with Crippen molar-refractivity contribution < 1.29 is 13.5 Å². The van der Waals surface area contributed by atoms with Crippen LogP contribution in [-0.4, -0.2) is 75.4 Å². The van der Waals surface area contributed by atoms with Crippen molar-refractivity contribution in [1.82, 2.24) is 23.8 Å². The monoisotopic (exact) mass is 451 g/mol. The number of aliphatic hydroxyl groups excluding tert-OH is 1. The lowest BCUT2D eigenvalue weighted by Crippen LogP contribution is -2.32. The summed E-state index contributed by atoms with van der Waals surface area (Å²) in [4.78, 5) is 14.0.